The number of likely N-dealkylation sites (tertiary alicyclic amines) is 1. The number of aromatic nitrogens is 1. The minimum Gasteiger partial charge on any atom is -0.351 e. The first-order valence-corrected chi connectivity index (χ1v) is 7.30. The second-order valence-corrected chi connectivity index (χ2v) is 5.61. The van der Waals surface area contributed by atoms with Gasteiger partial charge in [-0.25, -0.2) is 0 Å². The molecule has 2 heterocycles. The molecule has 2 aromatic rings. The first-order chi connectivity index (χ1) is 9.74. The number of carbonyl (C=O) groups is 1. The molecule has 3 rings (SSSR count). The molecule has 1 aliphatic heterocycles. The number of H-pyrrole nitrogens is 1. The summed E-state index contributed by atoms with van der Waals surface area (Å²) in [6, 6.07) is 10.3. The summed E-state index contributed by atoms with van der Waals surface area (Å²) in [5.74, 6) is -0.0137. The number of fused-ring (bicyclic) bond motifs is 1. The van der Waals surface area contributed by atoms with E-state index in [0.29, 0.717) is 11.7 Å². The predicted octanol–water partition coefficient (Wildman–Crippen LogP) is 2.38. The van der Waals surface area contributed by atoms with Crippen molar-refractivity contribution < 1.29 is 4.79 Å². The molecule has 0 bridgehead atoms. The van der Waals surface area contributed by atoms with Gasteiger partial charge in [0.05, 0.1) is 0 Å². The largest absolute Gasteiger partial charge is 0.351 e. The van der Waals surface area contributed by atoms with E-state index in [1.165, 1.54) is 19.3 Å². The van der Waals surface area contributed by atoms with Crippen molar-refractivity contribution in [3.63, 3.8) is 0 Å². The number of carbonyl (C=O) groups excluding carboxylic acids is 1. The molecule has 1 atom stereocenters. The molecule has 1 fully saturated rings. The van der Waals surface area contributed by atoms with Gasteiger partial charge in [-0.05, 0) is 38.6 Å². The number of para-hydroxylation sites is 1. The lowest BCUT2D eigenvalue weighted by molar-refractivity contribution is 0.0924. The molecule has 20 heavy (non-hydrogen) atoms. The number of benzene rings is 1. The van der Waals surface area contributed by atoms with E-state index in [9.17, 15) is 4.79 Å². The van der Waals surface area contributed by atoms with E-state index in [2.05, 4.69) is 22.2 Å². The van der Waals surface area contributed by atoms with Crippen LogP contribution in [0.25, 0.3) is 10.9 Å². The normalized spacial score (nSPS) is 20.1. The lowest BCUT2D eigenvalue weighted by atomic mass is 10.0. The number of nitrogens with zero attached hydrogens (tertiary/aromatic N) is 1. The molecule has 0 radical (unpaired) electrons. The Morgan fingerprint density at radius 2 is 2.25 bits per heavy atom. The molecule has 0 spiro atoms. The molecule has 1 unspecified atom stereocenters. The number of nitrogens with one attached hydrogen (secondary N) is 2. The molecular weight excluding hydrogens is 250 g/mol. The fourth-order valence-electron chi connectivity index (χ4n) is 2.90. The highest BCUT2D eigenvalue weighted by Crippen LogP contribution is 2.16. The summed E-state index contributed by atoms with van der Waals surface area (Å²) in [6.45, 7) is 1.86. The van der Waals surface area contributed by atoms with Crippen LogP contribution in [0.4, 0.5) is 0 Å². The van der Waals surface area contributed by atoms with E-state index >= 15 is 0 Å². The molecule has 1 saturated heterocycles. The van der Waals surface area contributed by atoms with Crippen LogP contribution in [0.1, 0.15) is 29.8 Å². The highest BCUT2D eigenvalue weighted by atomic mass is 16.1. The summed E-state index contributed by atoms with van der Waals surface area (Å²) in [5.41, 5.74) is 1.65. The van der Waals surface area contributed by atoms with Gasteiger partial charge in [-0.2, -0.15) is 0 Å². The molecule has 2 N–H and O–H groups in total. The lowest BCUT2D eigenvalue weighted by Gasteiger charge is -2.32. The zero-order valence-corrected chi connectivity index (χ0v) is 11.9. The maximum Gasteiger partial charge on any atom is 0.267 e. The summed E-state index contributed by atoms with van der Waals surface area (Å²) in [5, 5.41) is 4.12. The average molecular weight is 271 g/mol. The molecule has 1 amide bonds. The molecular formula is C16H21N3O. The van der Waals surface area contributed by atoms with Crippen LogP contribution in [-0.4, -0.2) is 42.0 Å². The minimum atomic E-state index is -0.0137. The van der Waals surface area contributed by atoms with Gasteiger partial charge in [-0.3, -0.25) is 4.79 Å². The van der Waals surface area contributed by atoms with Gasteiger partial charge in [0.2, 0.25) is 0 Å². The molecule has 0 aliphatic carbocycles. The third kappa shape index (κ3) is 2.70. The fourth-order valence-corrected chi connectivity index (χ4v) is 2.90. The fraction of sp³-hybridized carbons (Fsp3) is 0.438. The van der Waals surface area contributed by atoms with E-state index in [1.54, 1.807) is 0 Å². The Hall–Kier alpha value is -1.81. The van der Waals surface area contributed by atoms with Crippen molar-refractivity contribution in [2.24, 2.45) is 0 Å². The van der Waals surface area contributed by atoms with Crippen molar-refractivity contribution >= 4 is 16.8 Å². The Morgan fingerprint density at radius 3 is 3.05 bits per heavy atom. The highest BCUT2D eigenvalue weighted by Gasteiger charge is 2.19. The topological polar surface area (TPSA) is 48.1 Å². The lowest BCUT2D eigenvalue weighted by Crippen LogP contribution is -2.44. The maximum atomic E-state index is 12.2. The third-order valence-corrected chi connectivity index (χ3v) is 4.19. The molecule has 1 aliphatic rings. The van der Waals surface area contributed by atoms with Crippen LogP contribution >= 0.6 is 0 Å². The van der Waals surface area contributed by atoms with E-state index in [1.807, 2.05) is 30.3 Å². The molecule has 4 nitrogen and oxygen atoms in total. The van der Waals surface area contributed by atoms with Crippen molar-refractivity contribution in [2.75, 3.05) is 20.1 Å². The van der Waals surface area contributed by atoms with E-state index in [0.717, 1.165) is 24.0 Å². The second-order valence-electron chi connectivity index (χ2n) is 5.61. The van der Waals surface area contributed by atoms with Gasteiger partial charge in [0.15, 0.2) is 0 Å². The second kappa shape index (κ2) is 5.67. The number of hydrogen-bond donors (Lipinski definition) is 2. The van der Waals surface area contributed by atoms with Crippen molar-refractivity contribution in [2.45, 2.75) is 25.3 Å². The molecule has 1 aromatic carbocycles. The van der Waals surface area contributed by atoms with Gasteiger partial charge in [0, 0.05) is 23.5 Å². The maximum absolute atomic E-state index is 12.2. The third-order valence-electron chi connectivity index (χ3n) is 4.19. The SMILES string of the molecule is CN1CCCCC1CNC(=O)c1cc2ccccc2[nH]1. The van der Waals surface area contributed by atoms with Gasteiger partial charge >= 0.3 is 0 Å². The number of hydrogen-bond acceptors (Lipinski definition) is 2. The Labute approximate surface area is 119 Å². The smallest absolute Gasteiger partial charge is 0.267 e. The number of rotatable bonds is 3. The first-order valence-electron chi connectivity index (χ1n) is 7.30. The highest BCUT2D eigenvalue weighted by molar-refractivity contribution is 5.97. The van der Waals surface area contributed by atoms with E-state index < -0.39 is 0 Å². The van der Waals surface area contributed by atoms with E-state index in [4.69, 9.17) is 0 Å². The molecule has 4 heteroatoms. The van der Waals surface area contributed by atoms with Crippen LogP contribution in [0.3, 0.4) is 0 Å². The summed E-state index contributed by atoms with van der Waals surface area (Å²) in [7, 11) is 2.14. The summed E-state index contributed by atoms with van der Waals surface area (Å²) in [4.78, 5) is 17.7. The summed E-state index contributed by atoms with van der Waals surface area (Å²) >= 11 is 0. The van der Waals surface area contributed by atoms with Crippen LogP contribution in [0.15, 0.2) is 30.3 Å². The number of likely N-dealkylation sites (N-methyl/N-ethyl adjacent to an activating group) is 1. The van der Waals surface area contributed by atoms with Crippen LogP contribution in [0, 0.1) is 0 Å². The number of piperidine rings is 1. The van der Waals surface area contributed by atoms with Crippen LogP contribution in [0.5, 0.6) is 0 Å². The average Bonchev–Trinajstić information content (AvgIpc) is 2.90. The number of amides is 1. The summed E-state index contributed by atoms with van der Waals surface area (Å²) in [6.07, 6.45) is 3.70. The zero-order valence-electron chi connectivity index (χ0n) is 11.9. The minimum absolute atomic E-state index is 0.0137. The quantitative estimate of drug-likeness (QED) is 0.900. The standard InChI is InChI=1S/C16H21N3O/c1-19-9-5-4-7-13(19)11-17-16(20)15-10-12-6-2-3-8-14(12)18-15/h2-3,6,8,10,13,18H,4-5,7,9,11H2,1H3,(H,17,20). The van der Waals surface area contributed by atoms with Crippen molar-refractivity contribution in [3.05, 3.63) is 36.0 Å². The van der Waals surface area contributed by atoms with Crippen molar-refractivity contribution in [1.82, 2.24) is 15.2 Å². The molecule has 0 saturated carbocycles. The van der Waals surface area contributed by atoms with Gasteiger partial charge in [-0.15, -0.1) is 0 Å². The van der Waals surface area contributed by atoms with Crippen LogP contribution < -0.4 is 5.32 Å². The molecule has 106 valence electrons. The monoisotopic (exact) mass is 271 g/mol. The Morgan fingerprint density at radius 1 is 1.40 bits per heavy atom. The summed E-state index contributed by atoms with van der Waals surface area (Å²) < 4.78 is 0. The van der Waals surface area contributed by atoms with Gasteiger partial charge in [-0.1, -0.05) is 24.6 Å². The Kier molecular flexibility index (Phi) is 3.74. The van der Waals surface area contributed by atoms with Crippen LogP contribution in [0.2, 0.25) is 0 Å². The van der Waals surface area contributed by atoms with Gasteiger partial charge in [0.25, 0.3) is 5.91 Å². The first kappa shape index (κ1) is 13.2. The Balaban J connectivity index is 1.64. The van der Waals surface area contributed by atoms with Gasteiger partial charge in [0.1, 0.15) is 5.69 Å². The predicted molar refractivity (Wildman–Crippen MR) is 80.9 cm³/mol. The Bertz CT molecular complexity index is 572. The van der Waals surface area contributed by atoms with Crippen molar-refractivity contribution in [1.29, 1.82) is 0 Å². The molecule has 1 aromatic heterocycles. The van der Waals surface area contributed by atoms with E-state index in [-0.39, 0.29) is 5.91 Å². The van der Waals surface area contributed by atoms with Crippen molar-refractivity contribution in [3.8, 4) is 0 Å². The zero-order chi connectivity index (χ0) is 13.9. The number of aromatic amines is 1. The van der Waals surface area contributed by atoms with Crippen LogP contribution in [-0.2, 0) is 0 Å². The van der Waals surface area contributed by atoms with Gasteiger partial charge < -0.3 is 15.2 Å².